The SMILES string of the molecule is C[S+](=O)(O)c1cccc(-c2cnn3cc(-c4ccc(OC5(CN6CC(F)C6)CC5)cc4)cnc23)c1. The molecule has 2 aromatic carbocycles. The van der Waals surface area contributed by atoms with Gasteiger partial charge in [0.1, 0.15) is 23.8 Å². The third kappa shape index (κ3) is 4.47. The van der Waals surface area contributed by atoms with Crippen LogP contribution < -0.4 is 4.74 Å². The fraction of sp³-hybridized carbons (Fsp3) is 0.308. The van der Waals surface area contributed by atoms with Crippen molar-refractivity contribution >= 4 is 15.9 Å². The number of hydrogen-bond acceptors (Lipinski definition) is 5. The largest absolute Gasteiger partial charge is 0.486 e. The van der Waals surface area contributed by atoms with Crippen molar-refractivity contribution in [1.29, 1.82) is 0 Å². The molecule has 1 saturated carbocycles. The van der Waals surface area contributed by atoms with Crippen LogP contribution in [-0.2, 0) is 14.4 Å². The zero-order valence-corrected chi connectivity index (χ0v) is 20.1. The molecule has 0 spiro atoms. The molecule has 1 saturated heterocycles. The summed E-state index contributed by atoms with van der Waals surface area (Å²) in [6.07, 6.45) is 8.05. The summed E-state index contributed by atoms with van der Waals surface area (Å²) in [5, 5.41) is 4.46. The van der Waals surface area contributed by atoms with Gasteiger partial charge in [0, 0.05) is 49.2 Å². The minimum absolute atomic E-state index is 0.175. The van der Waals surface area contributed by atoms with Crippen LogP contribution in [0.5, 0.6) is 5.75 Å². The van der Waals surface area contributed by atoms with Crippen LogP contribution in [0.25, 0.3) is 27.9 Å². The van der Waals surface area contributed by atoms with Crippen LogP contribution >= 0.6 is 0 Å². The van der Waals surface area contributed by atoms with E-state index < -0.39 is 16.4 Å². The number of halogens is 1. The number of rotatable bonds is 7. The topological polar surface area (TPSA) is 80.0 Å². The molecule has 3 heterocycles. The molecule has 4 aromatic rings. The zero-order chi connectivity index (χ0) is 24.2. The lowest BCUT2D eigenvalue weighted by Crippen LogP contribution is -2.52. The smallest absolute Gasteiger partial charge is 0.244 e. The molecule has 9 heteroatoms. The summed E-state index contributed by atoms with van der Waals surface area (Å²) >= 11 is 0. The van der Waals surface area contributed by atoms with Gasteiger partial charge in [-0.2, -0.15) is 9.65 Å². The number of aromatic nitrogens is 3. The molecule has 0 bridgehead atoms. The molecule has 1 N–H and O–H groups in total. The van der Waals surface area contributed by atoms with Crippen LogP contribution in [-0.4, -0.2) is 61.7 Å². The molecule has 2 aromatic heterocycles. The lowest BCUT2D eigenvalue weighted by molar-refractivity contribution is 0.0214. The number of likely N-dealkylation sites (tertiary alicyclic amines) is 1. The highest BCUT2D eigenvalue weighted by Crippen LogP contribution is 2.42. The first-order valence-corrected chi connectivity index (χ1v) is 13.5. The lowest BCUT2D eigenvalue weighted by atomic mass is 10.1. The van der Waals surface area contributed by atoms with E-state index in [-0.39, 0.29) is 5.60 Å². The molecule has 180 valence electrons. The van der Waals surface area contributed by atoms with Crippen molar-refractivity contribution in [1.82, 2.24) is 19.5 Å². The summed E-state index contributed by atoms with van der Waals surface area (Å²) in [6.45, 7) is 1.81. The minimum Gasteiger partial charge on any atom is -0.486 e. The lowest BCUT2D eigenvalue weighted by Gasteiger charge is -2.37. The fourth-order valence-electron chi connectivity index (χ4n) is 4.57. The highest BCUT2D eigenvalue weighted by atomic mass is 32.3. The van der Waals surface area contributed by atoms with Gasteiger partial charge < -0.3 is 4.74 Å². The van der Waals surface area contributed by atoms with Crippen LogP contribution in [0.1, 0.15) is 12.8 Å². The zero-order valence-electron chi connectivity index (χ0n) is 19.3. The van der Waals surface area contributed by atoms with Crippen LogP contribution in [0.4, 0.5) is 4.39 Å². The van der Waals surface area contributed by atoms with E-state index >= 15 is 0 Å². The van der Waals surface area contributed by atoms with E-state index in [1.54, 1.807) is 35.1 Å². The van der Waals surface area contributed by atoms with E-state index in [1.807, 2.05) is 36.5 Å². The highest BCUT2D eigenvalue weighted by molar-refractivity contribution is 7.97. The Labute approximate surface area is 203 Å². The van der Waals surface area contributed by atoms with E-state index in [2.05, 4.69) is 15.0 Å². The Morgan fingerprint density at radius 3 is 2.57 bits per heavy atom. The summed E-state index contributed by atoms with van der Waals surface area (Å²) in [7, 11) is -3.06. The molecule has 7 nitrogen and oxygen atoms in total. The molecule has 2 aliphatic rings. The maximum absolute atomic E-state index is 13.1. The van der Waals surface area contributed by atoms with E-state index in [4.69, 9.17) is 4.74 Å². The number of alkyl halides is 1. The summed E-state index contributed by atoms with van der Waals surface area (Å²) in [4.78, 5) is 7.12. The third-order valence-corrected chi connectivity index (χ3v) is 7.82. The Kier molecular flexibility index (Phi) is 5.24. The second-order valence-corrected chi connectivity index (χ2v) is 11.7. The number of ether oxygens (including phenoxy) is 1. The predicted molar refractivity (Wildman–Crippen MR) is 133 cm³/mol. The number of fused-ring (bicyclic) bond motifs is 1. The van der Waals surface area contributed by atoms with Crippen molar-refractivity contribution in [3.63, 3.8) is 0 Å². The van der Waals surface area contributed by atoms with Crippen LogP contribution in [0.15, 0.2) is 72.0 Å². The molecule has 6 rings (SSSR count). The molecule has 0 radical (unpaired) electrons. The van der Waals surface area contributed by atoms with E-state index in [1.165, 1.54) is 6.26 Å². The van der Waals surface area contributed by atoms with Gasteiger partial charge in [0.05, 0.1) is 6.20 Å². The first kappa shape index (κ1) is 22.3. The third-order valence-electron chi connectivity index (χ3n) is 6.69. The van der Waals surface area contributed by atoms with Crippen molar-refractivity contribution in [2.75, 3.05) is 25.9 Å². The van der Waals surface area contributed by atoms with Crippen molar-refractivity contribution < 1.29 is 17.9 Å². The minimum atomic E-state index is -3.06. The van der Waals surface area contributed by atoms with Crippen LogP contribution in [0.2, 0.25) is 0 Å². The second-order valence-electron chi connectivity index (χ2n) is 9.60. The fourth-order valence-corrected chi connectivity index (χ4v) is 5.24. The van der Waals surface area contributed by atoms with Crippen LogP contribution in [0.3, 0.4) is 0 Å². The molecular formula is C26H26FN4O3S+. The molecule has 1 aliphatic carbocycles. The number of benzene rings is 2. The Hall–Kier alpha value is -3.14. The van der Waals surface area contributed by atoms with Gasteiger partial charge in [0.25, 0.3) is 0 Å². The Morgan fingerprint density at radius 2 is 1.89 bits per heavy atom. The standard InChI is InChI=1S/C26H25FN4O3S/c1-35(32,33)23-4-2-3-19(11-23)24-13-29-31-14-20(12-28-25(24)31)18-5-7-22(8-6-18)34-26(9-10-26)17-30-15-21(27)16-30/h2-8,11-14,21H,9-10,15-17H2,1H3/p+1. The molecule has 0 amide bonds. The van der Waals surface area contributed by atoms with Gasteiger partial charge in [-0.15, -0.1) is 0 Å². The monoisotopic (exact) mass is 493 g/mol. The van der Waals surface area contributed by atoms with Crippen molar-refractivity contribution in [3.05, 3.63) is 67.1 Å². The van der Waals surface area contributed by atoms with E-state index in [0.717, 1.165) is 47.4 Å². The summed E-state index contributed by atoms with van der Waals surface area (Å²) in [6, 6.07) is 14.9. The molecular weight excluding hydrogens is 467 g/mol. The molecule has 1 atom stereocenters. The van der Waals surface area contributed by atoms with Gasteiger partial charge in [-0.05, 0) is 42.2 Å². The summed E-state index contributed by atoms with van der Waals surface area (Å²) < 4.78 is 43.1. The van der Waals surface area contributed by atoms with E-state index in [0.29, 0.717) is 23.6 Å². The molecule has 1 aliphatic heterocycles. The average Bonchev–Trinajstić information content (AvgIpc) is 3.44. The summed E-state index contributed by atoms with van der Waals surface area (Å²) in [5.74, 6) is 0.815. The van der Waals surface area contributed by atoms with Crippen LogP contribution in [0, 0.1) is 0 Å². The molecule has 1 unspecified atom stereocenters. The molecule has 35 heavy (non-hydrogen) atoms. The van der Waals surface area contributed by atoms with Crippen molar-refractivity contribution in [2.24, 2.45) is 0 Å². The van der Waals surface area contributed by atoms with Gasteiger partial charge in [0.2, 0.25) is 10.2 Å². The van der Waals surface area contributed by atoms with Crippen molar-refractivity contribution in [2.45, 2.75) is 29.5 Å². The first-order valence-electron chi connectivity index (χ1n) is 11.6. The van der Waals surface area contributed by atoms with Gasteiger partial charge in [-0.3, -0.25) is 4.90 Å². The Balaban J connectivity index is 1.20. The maximum atomic E-state index is 13.1. The summed E-state index contributed by atoms with van der Waals surface area (Å²) in [5.41, 5.74) is 3.98. The van der Waals surface area contributed by atoms with Gasteiger partial charge in [-0.25, -0.2) is 13.9 Å². The van der Waals surface area contributed by atoms with Crippen molar-refractivity contribution in [3.8, 4) is 28.0 Å². The normalized spacial score (nSPS) is 19.3. The van der Waals surface area contributed by atoms with E-state index in [9.17, 15) is 13.2 Å². The Morgan fingerprint density at radius 1 is 1.11 bits per heavy atom. The highest BCUT2D eigenvalue weighted by Gasteiger charge is 2.48. The first-order chi connectivity index (χ1) is 16.8. The maximum Gasteiger partial charge on any atom is 0.244 e. The number of hydrogen-bond donors (Lipinski definition) is 1. The van der Waals surface area contributed by atoms with Gasteiger partial charge in [-0.1, -0.05) is 28.5 Å². The predicted octanol–water partition coefficient (Wildman–Crippen LogP) is 4.59. The molecule has 2 fully saturated rings. The number of nitrogens with zero attached hydrogens (tertiary/aromatic N) is 4. The average molecular weight is 494 g/mol. The Bertz CT molecular complexity index is 1440. The second kappa shape index (κ2) is 8.22. The van der Waals surface area contributed by atoms with Gasteiger partial charge >= 0.3 is 0 Å². The quantitative estimate of drug-likeness (QED) is 0.380. The van der Waals surface area contributed by atoms with Gasteiger partial charge in [0.15, 0.2) is 10.5 Å².